The molecule has 24 heavy (non-hydrogen) atoms. The largest absolute Gasteiger partial charge is 0.395 e. The van der Waals surface area contributed by atoms with Gasteiger partial charge in [0.1, 0.15) is 5.69 Å². The predicted octanol–water partition coefficient (Wildman–Crippen LogP) is 1.27. The summed E-state index contributed by atoms with van der Waals surface area (Å²) in [6, 6.07) is 4.31. The van der Waals surface area contributed by atoms with Crippen LogP contribution in [0.25, 0.3) is 0 Å². The lowest BCUT2D eigenvalue weighted by Crippen LogP contribution is -2.51. The lowest BCUT2D eigenvalue weighted by molar-refractivity contribution is -0.146. The topological polar surface area (TPSA) is 65.8 Å². The second kappa shape index (κ2) is 5.92. The normalized spacial score (nSPS) is 27.3. The van der Waals surface area contributed by atoms with Crippen LogP contribution in [0, 0.1) is 5.41 Å². The molecule has 1 aromatic heterocycles. The van der Waals surface area contributed by atoms with Crippen molar-refractivity contribution in [1.29, 1.82) is 0 Å². The number of aliphatic hydroxyl groups is 1. The van der Waals surface area contributed by atoms with Crippen LogP contribution in [0.2, 0.25) is 0 Å². The van der Waals surface area contributed by atoms with Crippen molar-refractivity contribution >= 4 is 11.8 Å². The molecule has 0 radical (unpaired) electrons. The van der Waals surface area contributed by atoms with Gasteiger partial charge in [0, 0.05) is 38.4 Å². The highest BCUT2D eigenvalue weighted by atomic mass is 16.3. The molecular weight excluding hydrogens is 306 g/mol. The third kappa shape index (κ3) is 2.53. The fourth-order valence-electron chi connectivity index (χ4n) is 4.32. The van der Waals surface area contributed by atoms with E-state index in [1.54, 1.807) is 4.90 Å². The first-order valence-corrected chi connectivity index (χ1v) is 9.01. The van der Waals surface area contributed by atoms with E-state index in [-0.39, 0.29) is 18.4 Å². The lowest BCUT2D eigenvalue weighted by atomic mass is 9.78. The Balaban J connectivity index is 1.50. The zero-order chi connectivity index (χ0) is 16.7. The summed E-state index contributed by atoms with van der Waals surface area (Å²) >= 11 is 0. The molecule has 1 aromatic rings. The van der Waals surface area contributed by atoms with Gasteiger partial charge in [-0.2, -0.15) is 0 Å². The van der Waals surface area contributed by atoms with Crippen molar-refractivity contribution in [2.75, 3.05) is 32.8 Å². The molecule has 0 aromatic carbocycles. The van der Waals surface area contributed by atoms with Crippen LogP contribution < -0.4 is 0 Å². The van der Waals surface area contributed by atoms with E-state index < -0.39 is 5.41 Å². The third-order valence-electron chi connectivity index (χ3n) is 5.77. The van der Waals surface area contributed by atoms with Crippen molar-refractivity contribution in [2.45, 2.75) is 38.1 Å². The summed E-state index contributed by atoms with van der Waals surface area (Å²) in [6.45, 7) is 2.29. The summed E-state index contributed by atoms with van der Waals surface area (Å²) in [5.74, 6) is 0.173. The molecule has 3 fully saturated rings. The Hall–Kier alpha value is -1.82. The van der Waals surface area contributed by atoms with E-state index >= 15 is 0 Å². The van der Waals surface area contributed by atoms with Gasteiger partial charge in [-0.15, -0.1) is 0 Å². The molecule has 3 aliphatic rings. The van der Waals surface area contributed by atoms with Crippen LogP contribution >= 0.6 is 0 Å². The van der Waals surface area contributed by atoms with Gasteiger partial charge >= 0.3 is 0 Å². The molecule has 2 saturated heterocycles. The molecule has 2 aliphatic heterocycles. The number of nitrogens with zero attached hydrogens (tertiary/aromatic N) is 3. The molecule has 1 atom stereocenters. The second-order valence-corrected chi connectivity index (χ2v) is 7.41. The predicted molar refractivity (Wildman–Crippen MR) is 88.6 cm³/mol. The molecule has 1 spiro atoms. The molecule has 1 N–H and O–H groups in total. The molecule has 1 saturated carbocycles. The number of carbonyl (C=O) groups is 2. The quantitative estimate of drug-likeness (QED) is 0.903. The number of piperidine rings is 1. The summed E-state index contributed by atoms with van der Waals surface area (Å²) in [7, 11) is 0. The summed E-state index contributed by atoms with van der Waals surface area (Å²) in [5, 5.41) is 9.16. The zero-order valence-corrected chi connectivity index (χ0v) is 14.0. The molecule has 3 heterocycles. The number of aromatic nitrogens is 1. The molecule has 6 heteroatoms. The fourth-order valence-corrected chi connectivity index (χ4v) is 4.32. The molecule has 1 aliphatic carbocycles. The van der Waals surface area contributed by atoms with Gasteiger partial charge in [-0.1, -0.05) is 0 Å². The number of hydrogen-bond donors (Lipinski definition) is 1. The molecule has 6 nitrogen and oxygen atoms in total. The Morgan fingerprint density at radius 1 is 1.29 bits per heavy atom. The first-order chi connectivity index (χ1) is 11.6. The smallest absolute Gasteiger partial charge is 0.270 e. The van der Waals surface area contributed by atoms with Crippen LogP contribution in [0.15, 0.2) is 18.3 Å². The number of rotatable bonds is 4. The Labute approximate surface area is 142 Å². The van der Waals surface area contributed by atoms with Crippen LogP contribution in [-0.2, 0) is 4.79 Å². The van der Waals surface area contributed by atoms with Crippen LogP contribution in [0.3, 0.4) is 0 Å². The summed E-state index contributed by atoms with van der Waals surface area (Å²) in [6.07, 6.45) is 6.82. The number of amides is 2. The average Bonchev–Trinajstić information content (AvgIpc) is 3.16. The maximum absolute atomic E-state index is 12.9. The number of hydrogen-bond acceptors (Lipinski definition) is 3. The van der Waals surface area contributed by atoms with E-state index in [2.05, 4.69) is 4.57 Å². The van der Waals surface area contributed by atoms with Crippen molar-refractivity contribution in [3.8, 4) is 0 Å². The molecule has 130 valence electrons. The van der Waals surface area contributed by atoms with Crippen LogP contribution in [0.5, 0.6) is 0 Å². The number of likely N-dealkylation sites (tertiary alicyclic amines) is 2. The number of carbonyl (C=O) groups excluding carboxylic acids is 2. The molecule has 0 unspecified atom stereocenters. The van der Waals surface area contributed by atoms with E-state index in [0.717, 1.165) is 44.3 Å². The van der Waals surface area contributed by atoms with Crippen molar-refractivity contribution in [2.24, 2.45) is 5.41 Å². The maximum Gasteiger partial charge on any atom is 0.270 e. The Kier molecular flexibility index (Phi) is 3.87. The van der Waals surface area contributed by atoms with Crippen molar-refractivity contribution in [3.05, 3.63) is 24.0 Å². The van der Waals surface area contributed by atoms with E-state index in [1.807, 2.05) is 23.2 Å². The van der Waals surface area contributed by atoms with Gasteiger partial charge in [-0.25, -0.2) is 0 Å². The highest BCUT2D eigenvalue weighted by Gasteiger charge is 2.49. The number of β-amino-alcohol motifs (C(OH)–C–C–N with tert-alkyl or cyclic N) is 1. The Bertz CT molecular complexity index is 650. The third-order valence-corrected chi connectivity index (χ3v) is 5.77. The molecular formula is C18H25N3O3. The van der Waals surface area contributed by atoms with Gasteiger partial charge in [-0.3, -0.25) is 9.59 Å². The monoisotopic (exact) mass is 331 g/mol. The summed E-state index contributed by atoms with van der Waals surface area (Å²) < 4.78 is 2.09. The van der Waals surface area contributed by atoms with Crippen molar-refractivity contribution in [1.82, 2.24) is 14.4 Å². The van der Waals surface area contributed by atoms with Gasteiger partial charge < -0.3 is 19.5 Å². The van der Waals surface area contributed by atoms with E-state index in [9.17, 15) is 9.59 Å². The minimum Gasteiger partial charge on any atom is -0.395 e. The van der Waals surface area contributed by atoms with Gasteiger partial charge in [0.25, 0.3) is 5.91 Å². The van der Waals surface area contributed by atoms with E-state index in [0.29, 0.717) is 25.7 Å². The van der Waals surface area contributed by atoms with E-state index in [4.69, 9.17) is 5.11 Å². The van der Waals surface area contributed by atoms with Crippen LogP contribution in [-0.4, -0.2) is 64.1 Å². The highest BCUT2D eigenvalue weighted by Crippen LogP contribution is 2.41. The standard InChI is InChI=1S/C18H25N3O3/c22-12-11-19-8-2-6-18(17(19)24)7-10-20(13-18)16(23)15-3-1-9-21(15)14-4-5-14/h1,3,9,14,22H,2,4-8,10-13H2/t18-/m0/s1. The second-order valence-electron chi connectivity index (χ2n) is 7.41. The number of aliphatic hydroxyl groups excluding tert-OH is 1. The SMILES string of the molecule is O=C(c1cccn1C1CC1)N1CC[C@@]2(CCCN(CCO)C2=O)C1. The lowest BCUT2D eigenvalue weighted by Gasteiger charge is -2.39. The Morgan fingerprint density at radius 3 is 2.88 bits per heavy atom. The average molecular weight is 331 g/mol. The maximum atomic E-state index is 12.9. The summed E-state index contributed by atoms with van der Waals surface area (Å²) in [4.78, 5) is 29.4. The van der Waals surface area contributed by atoms with Gasteiger partial charge in [0.05, 0.1) is 12.0 Å². The minimum absolute atomic E-state index is 0.000626. The fraction of sp³-hybridized carbons (Fsp3) is 0.667. The van der Waals surface area contributed by atoms with Crippen molar-refractivity contribution < 1.29 is 14.7 Å². The highest BCUT2D eigenvalue weighted by molar-refractivity contribution is 5.94. The molecule has 2 amide bonds. The summed E-state index contributed by atoms with van der Waals surface area (Å²) in [5.41, 5.74) is 0.324. The minimum atomic E-state index is -0.430. The van der Waals surface area contributed by atoms with Crippen LogP contribution in [0.4, 0.5) is 0 Å². The first kappa shape index (κ1) is 15.7. The first-order valence-electron chi connectivity index (χ1n) is 9.01. The zero-order valence-electron chi connectivity index (χ0n) is 14.0. The van der Waals surface area contributed by atoms with Gasteiger partial charge in [-0.05, 0) is 44.2 Å². The van der Waals surface area contributed by atoms with Gasteiger partial charge in [0.2, 0.25) is 5.91 Å². The van der Waals surface area contributed by atoms with E-state index in [1.165, 1.54) is 0 Å². The van der Waals surface area contributed by atoms with Crippen molar-refractivity contribution in [3.63, 3.8) is 0 Å². The Morgan fingerprint density at radius 2 is 2.12 bits per heavy atom. The van der Waals surface area contributed by atoms with Crippen LogP contribution in [0.1, 0.15) is 48.6 Å². The molecule has 0 bridgehead atoms. The molecule has 4 rings (SSSR count). The van der Waals surface area contributed by atoms with Gasteiger partial charge in [0.15, 0.2) is 0 Å².